The molecular formula is C14H20BrN3O. The first-order valence-corrected chi connectivity index (χ1v) is 7.57. The van der Waals surface area contributed by atoms with Crippen LogP contribution >= 0.6 is 15.9 Å². The highest BCUT2D eigenvalue weighted by atomic mass is 79.9. The number of halogens is 1. The van der Waals surface area contributed by atoms with Gasteiger partial charge in [-0.25, -0.2) is 4.98 Å². The van der Waals surface area contributed by atoms with Gasteiger partial charge in [0, 0.05) is 17.1 Å². The molecule has 0 saturated carbocycles. The Bertz CT molecular complexity index is 444. The number of carbonyl (C=O) groups is 1. The molecule has 4 nitrogen and oxygen atoms in total. The average molecular weight is 326 g/mol. The molecule has 1 amide bonds. The van der Waals surface area contributed by atoms with E-state index in [-0.39, 0.29) is 5.91 Å². The zero-order valence-electron chi connectivity index (χ0n) is 11.2. The Morgan fingerprint density at radius 1 is 1.63 bits per heavy atom. The lowest BCUT2D eigenvalue weighted by molar-refractivity contribution is -0.116. The lowest BCUT2D eigenvalue weighted by Crippen LogP contribution is -2.30. The van der Waals surface area contributed by atoms with E-state index < -0.39 is 0 Å². The molecule has 1 saturated heterocycles. The van der Waals surface area contributed by atoms with Gasteiger partial charge in [-0.05, 0) is 72.8 Å². The van der Waals surface area contributed by atoms with Crippen LogP contribution in [0.3, 0.4) is 0 Å². The average Bonchev–Trinajstić information content (AvgIpc) is 2.42. The van der Waals surface area contributed by atoms with Crippen molar-refractivity contribution in [3.8, 4) is 0 Å². The second-order valence-electron chi connectivity index (χ2n) is 5.12. The predicted octanol–water partition coefficient (Wildman–Crippen LogP) is 2.87. The highest BCUT2D eigenvalue weighted by Gasteiger charge is 2.14. The standard InChI is InChI=1S/C14H20BrN3O/c1-10-7-13(17-9-12(10)15)18-14(19)5-4-11-3-2-6-16-8-11/h7,9,11,16H,2-6,8H2,1H3,(H,17,18,19). The summed E-state index contributed by atoms with van der Waals surface area (Å²) in [5, 5.41) is 6.23. The van der Waals surface area contributed by atoms with Crippen molar-refractivity contribution in [2.45, 2.75) is 32.6 Å². The molecule has 1 atom stereocenters. The van der Waals surface area contributed by atoms with Crippen LogP contribution in [-0.4, -0.2) is 24.0 Å². The number of carbonyl (C=O) groups excluding carboxylic acids is 1. The number of nitrogens with zero attached hydrogens (tertiary/aromatic N) is 1. The quantitative estimate of drug-likeness (QED) is 0.895. The van der Waals surface area contributed by atoms with E-state index in [1.807, 2.05) is 13.0 Å². The molecular weight excluding hydrogens is 306 g/mol. The Morgan fingerprint density at radius 2 is 2.47 bits per heavy atom. The van der Waals surface area contributed by atoms with Crippen LogP contribution in [0.25, 0.3) is 0 Å². The first-order chi connectivity index (χ1) is 9.15. The van der Waals surface area contributed by atoms with Gasteiger partial charge in [0.25, 0.3) is 0 Å². The Morgan fingerprint density at radius 3 is 3.16 bits per heavy atom. The van der Waals surface area contributed by atoms with Crippen LogP contribution in [0.4, 0.5) is 5.82 Å². The molecule has 2 N–H and O–H groups in total. The summed E-state index contributed by atoms with van der Waals surface area (Å²) in [4.78, 5) is 16.1. The summed E-state index contributed by atoms with van der Waals surface area (Å²) in [6, 6.07) is 1.88. The number of aryl methyl sites for hydroxylation is 1. The molecule has 1 unspecified atom stereocenters. The van der Waals surface area contributed by atoms with Gasteiger partial charge in [0.05, 0.1) is 0 Å². The normalized spacial score (nSPS) is 19.2. The minimum atomic E-state index is 0.0554. The maximum Gasteiger partial charge on any atom is 0.225 e. The van der Waals surface area contributed by atoms with Gasteiger partial charge in [0.2, 0.25) is 5.91 Å². The maximum absolute atomic E-state index is 11.9. The third-order valence-electron chi connectivity index (χ3n) is 3.49. The van der Waals surface area contributed by atoms with E-state index in [9.17, 15) is 4.79 Å². The lowest BCUT2D eigenvalue weighted by Gasteiger charge is -2.22. The second-order valence-corrected chi connectivity index (χ2v) is 5.97. The maximum atomic E-state index is 11.9. The van der Waals surface area contributed by atoms with Crippen molar-refractivity contribution >= 4 is 27.7 Å². The van der Waals surface area contributed by atoms with Crippen molar-refractivity contribution in [2.75, 3.05) is 18.4 Å². The zero-order chi connectivity index (χ0) is 13.7. The predicted molar refractivity (Wildman–Crippen MR) is 80.1 cm³/mol. The second kappa shape index (κ2) is 7.01. The minimum absolute atomic E-state index is 0.0554. The molecule has 0 aromatic carbocycles. The fourth-order valence-electron chi connectivity index (χ4n) is 2.32. The molecule has 0 radical (unpaired) electrons. The summed E-state index contributed by atoms with van der Waals surface area (Å²) < 4.78 is 0.957. The molecule has 104 valence electrons. The number of rotatable bonds is 4. The van der Waals surface area contributed by atoms with Gasteiger partial charge in [-0.15, -0.1) is 0 Å². The van der Waals surface area contributed by atoms with Crippen molar-refractivity contribution in [2.24, 2.45) is 5.92 Å². The van der Waals surface area contributed by atoms with Crippen LogP contribution in [0, 0.1) is 12.8 Å². The lowest BCUT2D eigenvalue weighted by atomic mass is 9.94. The number of amides is 1. The third kappa shape index (κ3) is 4.58. The van der Waals surface area contributed by atoms with E-state index in [4.69, 9.17) is 0 Å². The first-order valence-electron chi connectivity index (χ1n) is 6.78. The Balaban J connectivity index is 1.78. The number of nitrogens with one attached hydrogen (secondary N) is 2. The minimum Gasteiger partial charge on any atom is -0.316 e. The van der Waals surface area contributed by atoms with E-state index in [0.717, 1.165) is 29.5 Å². The van der Waals surface area contributed by atoms with Gasteiger partial charge in [-0.2, -0.15) is 0 Å². The largest absolute Gasteiger partial charge is 0.316 e. The van der Waals surface area contributed by atoms with Crippen LogP contribution in [-0.2, 0) is 4.79 Å². The summed E-state index contributed by atoms with van der Waals surface area (Å²) in [5.74, 6) is 1.33. The molecule has 1 aromatic rings. The van der Waals surface area contributed by atoms with E-state index in [2.05, 4.69) is 31.5 Å². The van der Waals surface area contributed by atoms with Crippen LogP contribution < -0.4 is 10.6 Å². The molecule has 2 heterocycles. The molecule has 0 spiro atoms. The van der Waals surface area contributed by atoms with Crippen molar-refractivity contribution in [3.05, 3.63) is 22.3 Å². The smallest absolute Gasteiger partial charge is 0.225 e. The fraction of sp³-hybridized carbons (Fsp3) is 0.571. The molecule has 5 heteroatoms. The van der Waals surface area contributed by atoms with Gasteiger partial charge < -0.3 is 10.6 Å². The SMILES string of the molecule is Cc1cc(NC(=O)CCC2CCCNC2)ncc1Br. The topological polar surface area (TPSA) is 54.0 Å². The summed E-state index contributed by atoms with van der Waals surface area (Å²) in [6.45, 7) is 4.14. The molecule has 19 heavy (non-hydrogen) atoms. The van der Waals surface area contributed by atoms with Crippen molar-refractivity contribution in [3.63, 3.8) is 0 Å². The van der Waals surface area contributed by atoms with Crippen molar-refractivity contribution < 1.29 is 4.79 Å². The number of pyridine rings is 1. The molecule has 1 aromatic heterocycles. The summed E-state index contributed by atoms with van der Waals surface area (Å²) in [7, 11) is 0. The number of hydrogen-bond acceptors (Lipinski definition) is 3. The molecule has 1 aliphatic rings. The zero-order valence-corrected chi connectivity index (χ0v) is 12.8. The molecule has 1 aliphatic heterocycles. The molecule has 0 bridgehead atoms. The number of hydrogen-bond donors (Lipinski definition) is 2. The monoisotopic (exact) mass is 325 g/mol. The van der Waals surface area contributed by atoms with E-state index in [1.54, 1.807) is 6.20 Å². The van der Waals surface area contributed by atoms with Gasteiger partial charge >= 0.3 is 0 Å². The van der Waals surface area contributed by atoms with Crippen LogP contribution in [0.15, 0.2) is 16.7 Å². The van der Waals surface area contributed by atoms with E-state index in [0.29, 0.717) is 18.2 Å². The third-order valence-corrected chi connectivity index (χ3v) is 4.32. The number of piperidine rings is 1. The van der Waals surface area contributed by atoms with Crippen LogP contribution in [0.1, 0.15) is 31.2 Å². The first kappa shape index (κ1) is 14.5. The van der Waals surface area contributed by atoms with Crippen molar-refractivity contribution in [1.29, 1.82) is 0 Å². The molecule has 2 rings (SSSR count). The highest BCUT2D eigenvalue weighted by Crippen LogP contribution is 2.19. The fourth-order valence-corrected chi connectivity index (χ4v) is 2.54. The molecule has 0 aliphatic carbocycles. The Labute approximate surface area is 122 Å². The van der Waals surface area contributed by atoms with Gasteiger partial charge in [-0.3, -0.25) is 4.79 Å². The van der Waals surface area contributed by atoms with Crippen LogP contribution in [0.5, 0.6) is 0 Å². The highest BCUT2D eigenvalue weighted by molar-refractivity contribution is 9.10. The number of aromatic nitrogens is 1. The van der Waals surface area contributed by atoms with Gasteiger partial charge in [-0.1, -0.05) is 0 Å². The Hall–Kier alpha value is -0.940. The van der Waals surface area contributed by atoms with Crippen molar-refractivity contribution in [1.82, 2.24) is 10.3 Å². The van der Waals surface area contributed by atoms with Crippen LogP contribution in [0.2, 0.25) is 0 Å². The summed E-state index contributed by atoms with van der Waals surface area (Å²) in [5.41, 5.74) is 1.07. The summed E-state index contributed by atoms with van der Waals surface area (Å²) in [6.07, 6.45) is 5.70. The summed E-state index contributed by atoms with van der Waals surface area (Å²) >= 11 is 3.40. The Kier molecular flexibility index (Phi) is 5.34. The number of anilines is 1. The van der Waals surface area contributed by atoms with Gasteiger partial charge in [0.1, 0.15) is 5.82 Å². The van der Waals surface area contributed by atoms with E-state index >= 15 is 0 Å². The molecule has 1 fully saturated rings. The van der Waals surface area contributed by atoms with E-state index in [1.165, 1.54) is 12.8 Å². The van der Waals surface area contributed by atoms with Gasteiger partial charge in [0.15, 0.2) is 0 Å².